The van der Waals surface area contributed by atoms with Gasteiger partial charge in [0.1, 0.15) is 5.82 Å². The maximum absolute atomic E-state index is 14.3. The number of hydrogen-bond acceptors (Lipinski definition) is 4. The minimum Gasteiger partial charge on any atom is -0.337 e. The van der Waals surface area contributed by atoms with Gasteiger partial charge in [0, 0.05) is 31.6 Å². The van der Waals surface area contributed by atoms with Gasteiger partial charge in [-0.1, -0.05) is 13.0 Å². The number of H-pyrrole nitrogens is 1. The van der Waals surface area contributed by atoms with Gasteiger partial charge >= 0.3 is 0 Å². The highest BCUT2D eigenvalue weighted by Crippen LogP contribution is 2.18. The van der Waals surface area contributed by atoms with Crippen LogP contribution in [0.1, 0.15) is 46.1 Å². The number of nitrogens with zero attached hydrogens (tertiary/aromatic N) is 2. The van der Waals surface area contributed by atoms with E-state index in [-0.39, 0.29) is 17.0 Å². The number of carbonyl (C=O) groups excluding carboxylic acids is 1. The minimum atomic E-state index is -0.513. The molecule has 1 saturated heterocycles. The van der Waals surface area contributed by atoms with Crippen molar-refractivity contribution in [2.45, 2.75) is 33.1 Å². The molecule has 1 amide bonds. The van der Waals surface area contributed by atoms with Gasteiger partial charge in [-0.3, -0.25) is 9.59 Å². The lowest BCUT2D eigenvalue weighted by molar-refractivity contribution is 0.0761. The molecule has 0 unspecified atom stereocenters. The third-order valence-electron chi connectivity index (χ3n) is 5.07. The predicted molar refractivity (Wildman–Crippen MR) is 102 cm³/mol. The summed E-state index contributed by atoms with van der Waals surface area (Å²) in [5, 5.41) is 9.91. The van der Waals surface area contributed by atoms with Gasteiger partial charge < -0.3 is 10.2 Å². The lowest BCUT2D eigenvalue weighted by atomic mass is 10.00. The van der Waals surface area contributed by atoms with E-state index in [0.717, 1.165) is 29.8 Å². The molecule has 0 atom stereocenters. The van der Waals surface area contributed by atoms with Gasteiger partial charge in [-0.25, -0.2) is 9.49 Å². The number of aromatic nitrogens is 2. The fourth-order valence-electron chi connectivity index (χ4n) is 3.47. The van der Waals surface area contributed by atoms with Gasteiger partial charge in [0.2, 0.25) is 0 Å². The van der Waals surface area contributed by atoms with E-state index in [9.17, 15) is 14.0 Å². The Morgan fingerprint density at radius 1 is 1.30 bits per heavy atom. The van der Waals surface area contributed by atoms with Crippen molar-refractivity contribution in [3.8, 4) is 0 Å². The summed E-state index contributed by atoms with van der Waals surface area (Å²) < 4.78 is 14.3. The summed E-state index contributed by atoms with van der Waals surface area (Å²) >= 11 is 0. The molecular weight excluding hydrogens is 347 g/mol. The molecule has 1 aliphatic rings. The van der Waals surface area contributed by atoms with Crippen LogP contribution in [-0.4, -0.2) is 47.2 Å². The molecule has 3 rings (SSSR count). The maximum atomic E-state index is 14.3. The Morgan fingerprint density at radius 3 is 2.89 bits per heavy atom. The van der Waals surface area contributed by atoms with Crippen LogP contribution in [0.15, 0.2) is 23.0 Å². The third kappa shape index (κ3) is 4.24. The van der Waals surface area contributed by atoms with E-state index in [2.05, 4.69) is 15.5 Å². The predicted octanol–water partition coefficient (Wildman–Crippen LogP) is 1.81. The van der Waals surface area contributed by atoms with Crippen molar-refractivity contribution in [3.05, 3.63) is 62.3 Å². The second kappa shape index (κ2) is 8.43. The molecule has 144 valence electrons. The molecule has 2 aromatic rings. The first kappa shape index (κ1) is 19.2. The first-order valence-corrected chi connectivity index (χ1v) is 9.36. The molecule has 0 aliphatic carbocycles. The molecule has 1 aromatic heterocycles. The summed E-state index contributed by atoms with van der Waals surface area (Å²) in [4.78, 5) is 26.3. The van der Waals surface area contributed by atoms with Gasteiger partial charge in [-0.05, 0) is 49.6 Å². The largest absolute Gasteiger partial charge is 0.337 e. The fraction of sp³-hybridized carbons (Fsp3) is 0.450. The van der Waals surface area contributed by atoms with Gasteiger partial charge in [0.25, 0.3) is 11.5 Å². The van der Waals surface area contributed by atoms with Crippen LogP contribution in [0.5, 0.6) is 0 Å². The molecule has 0 saturated carbocycles. The van der Waals surface area contributed by atoms with Crippen molar-refractivity contribution in [3.63, 3.8) is 0 Å². The summed E-state index contributed by atoms with van der Waals surface area (Å²) in [6.07, 6.45) is 1.90. The van der Waals surface area contributed by atoms with E-state index >= 15 is 0 Å². The van der Waals surface area contributed by atoms with Gasteiger partial charge in [-0.15, -0.1) is 0 Å². The monoisotopic (exact) mass is 372 g/mol. The molecule has 0 radical (unpaired) electrons. The molecule has 6 nitrogen and oxygen atoms in total. The number of nitrogens with one attached hydrogen (secondary N) is 2. The van der Waals surface area contributed by atoms with E-state index < -0.39 is 5.82 Å². The van der Waals surface area contributed by atoms with Gasteiger partial charge in [0.05, 0.1) is 11.3 Å². The van der Waals surface area contributed by atoms with Crippen molar-refractivity contribution in [2.24, 2.45) is 0 Å². The molecule has 1 fully saturated rings. The van der Waals surface area contributed by atoms with E-state index in [1.165, 1.54) is 6.07 Å². The van der Waals surface area contributed by atoms with Crippen LogP contribution < -0.4 is 10.9 Å². The molecule has 0 bridgehead atoms. The normalized spacial score (nSPS) is 14.9. The highest BCUT2D eigenvalue weighted by Gasteiger charge is 2.21. The Kier molecular flexibility index (Phi) is 6.01. The first-order chi connectivity index (χ1) is 13.0. The number of carbonyl (C=O) groups is 1. The second-order valence-corrected chi connectivity index (χ2v) is 6.84. The van der Waals surface area contributed by atoms with Crippen LogP contribution in [0.25, 0.3) is 0 Å². The van der Waals surface area contributed by atoms with Crippen LogP contribution in [0, 0.1) is 12.7 Å². The molecule has 1 aromatic carbocycles. The second-order valence-electron chi connectivity index (χ2n) is 6.84. The molecule has 7 heteroatoms. The third-order valence-corrected chi connectivity index (χ3v) is 5.07. The molecule has 1 aliphatic heterocycles. The van der Waals surface area contributed by atoms with Crippen LogP contribution in [0.3, 0.4) is 0 Å². The number of hydrogen-bond donors (Lipinski definition) is 2. The summed E-state index contributed by atoms with van der Waals surface area (Å²) in [6, 6.07) is 4.60. The number of amides is 1. The number of halogens is 1. The fourth-order valence-corrected chi connectivity index (χ4v) is 3.47. The molecule has 27 heavy (non-hydrogen) atoms. The first-order valence-electron chi connectivity index (χ1n) is 9.36. The topological polar surface area (TPSA) is 78.1 Å². The SMILES string of the molecule is CCc1c(C)c(Cc2ccc(F)c(C(=O)N3CCCNCC3)c2)n[nH]c1=O. The molecule has 0 spiro atoms. The zero-order valence-corrected chi connectivity index (χ0v) is 15.8. The van der Waals surface area contributed by atoms with Crippen molar-refractivity contribution < 1.29 is 9.18 Å². The number of rotatable bonds is 4. The highest BCUT2D eigenvalue weighted by atomic mass is 19.1. The van der Waals surface area contributed by atoms with Gasteiger partial charge in [-0.2, -0.15) is 5.10 Å². The average molecular weight is 372 g/mol. The Bertz CT molecular complexity index is 886. The number of benzene rings is 1. The van der Waals surface area contributed by atoms with Crippen LogP contribution in [0.2, 0.25) is 0 Å². The number of aromatic amines is 1. The summed E-state index contributed by atoms with van der Waals surface area (Å²) in [5.74, 6) is -0.792. The van der Waals surface area contributed by atoms with Crippen molar-refractivity contribution >= 4 is 5.91 Å². The molecular formula is C20H25FN4O2. The van der Waals surface area contributed by atoms with Crippen LogP contribution in [-0.2, 0) is 12.8 Å². The lowest BCUT2D eigenvalue weighted by Gasteiger charge is -2.20. The zero-order chi connectivity index (χ0) is 19.4. The zero-order valence-electron chi connectivity index (χ0n) is 15.8. The average Bonchev–Trinajstić information content (AvgIpc) is 2.95. The Morgan fingerprint density at radius 2 is 2.11 bits per heavy atom. The highest BCUT2D eigenvalue weighted by molar-refractivity contribution is 5.94. The standard InChI is InChI=1S/C20H25FN4O2/c1-3-15-13(2)18(23-24-19(15)26)12-14-5-6-17(21)16(11-14)20(27)25-9-4-7-22-8-10-25/h5-6,11,22H,3-4,7-10,12H2,1-2H3,(H,24,26). The smallest absolute Gasteiger partial charge is 0.267 e. The van der Waals surface area contributed by atoms with Crippen LogP contribution in [0.4, 0.5) is 4.39 Å². The van der Waals surface area contributed by atoms with Crippen molar-refractivity contribution in [2.75, 3.05) is 26.2 Å². The molecule has 2 heterocycles. The quantitative estimate of drug-likeness (QED) is 0.858. The maximum Gasteiger partial charge on any atom is 0.267 e. The minimum absolute atomic E-state index is 0.0900. The van der Waals surface area contributed by atoms with E-state index in [0.29, 0.717) is 38.0 Å². The van der Waals surface area contributed by atoms with Crippen molar-refractivity contribution in [1.29, 1.82) is 0 Å². The lowest BCUT2D eigenvalue weighted by Crippen LogP contribution is -2.34. The summed E-state index contributed by atoms with van der Waals surface area (Å²) in [7, 11) is 0. The summed E-state index contributed by atoms with van der Waals surface area (Å²) in [5.41, 5.74) is 2.98. The Balaban J connectivity index is 1.87. The van der Waals surface area contributed by atoms with Crippen LogP contribution >= 0.6 is 0 Å². The van der Waals surface area contributed by atoms with E-state index in [1.54, 1.807) is 17.0 Å². The van der Waals surface area contributed by atoms with Crippen molar-refractivity contribution in [1.82, 2.24) is 20.4 Å². The van der Waals surface area contributed by atoms with Gasteiger partial charge in [0.15, 0.2) is 0 Å². The molecule has 2 N–H and O–H groups in total. The Labute approximate surface area is 157 Å². The Hall–Kier alpha value is -2.54. The summed E-state index contributed by atoms with van der Waals surface area (Å²) in [6.45, 7) is 6.57. The van der Waals surface area contributed by atoms with E-state index in [1.807, 2.05) is 13.8 Å². The van der Waals surface area contributed by atoms with E-state index in [4.69, 9.17) is 0 Å².